The highest BCUT2D eigenvalue weighted by molar-refractivity contribution is 6.30. The number of nitrogens with one attached hydrogen (secondary N) is 1. The smallest absolute Gasteiger partial charge is 0.261 e. The minimum atomic E-state index is -0.537. The number of carbonyl (C=O) groups is 1. The molecule has 0 fully saturated rings. The average molecular weight is 362 g/mol. The van der Waals surface area contributed by atoms with Crippen molar-refractivity contribution in [1.82, 2.24) is 5.32 Å². The molecule has 0 saturated carbocycles. The van der Waals surface area contributed by atoms with Gasteiger partial charge in [0, 0.05) is 5.02 Å². The van der Waals surface area contributed by atoms with Gasteiger partial charge in [-0.3, -0.25) is 4.79 Å². The summed E-state index contributed by atoms with van der Waals surface area (Å²) in [7, 11) is 0. The average Bonchev–Trinajstić information content (AvgIpc) is 2.65. The van der Waals surface area contributed by atoms with Crippen molar-refractivity contribution in [3.8, 4) is 11.5 Å². The number of carbonyl (C=O) groups excluding carboxylic acids is 1. The van der Waals surface area contributed by atoms with Crippen LogP contribution in [0.1, 0.15) is 25.8 Å². The molecule has 1 atom stereocenters. The van der Waals surface area contributed by atoms with Crippen molar-refractivity contribution in [2.24, 2.45) is 0 Å². The highest BCUT2D eigenvalue weighted by atomic mass is 35.5. The summed E-state index contributed by atoms with van der Waals surface area (Å²) in [5, 5.41) is 3.48. The van der Waals surface area contributed by atoms with Gasteiger partial charge >= 0.3 is 0 Å². The molecule has 0 aliphatic heterocycles. The van der Waals surface area contributed by atoms with E-state index in [1.165, 1.54) is 5.56 Å². The van der Waals surface area contributed by atoms with Crippen molar-refractivity contribution in [1.29, 1.82) is 0 Å². The largest absolute Gasteiger partial charge is 0.492 e. The van der Waals surface area contributed by atoms with Gasteiger partial charge in [-0.2, -0.15) is 0 Å². The van der Waals surface area contributed by atoms with Gasteiger partial charge in [0.15, 0.2) is 6.10 Å². The minimum absolute atomic E-state index is 0.151. The van der Waals surface area contributed by atoms with Crippen LogP contribution < -0.4 is 14.8 Å². The Morgan fingerprint density at radius 1 is 1.04 bits per heavy atom. The fourth-order valence-corrected chi connectivity index (χ4v) is 2.40. The number of rotatable bonds is 9. The fourth-order valence-electron chi connectivity index (χ4n) is 2.28. The van der Waals surface area contributed by atoms with Gasteiger partial charge in [-0.25, -0.2) is 0 Å². The van der Waals surface area contributed by atoms with E-state index >= 15 is 0 Å². The van der Waals surface area contributed by atoms with Gasteiger partial charge in [-0.05, 0) is 54.8 Å². The lowest BCUT2D eigenvalue weighted by atomic mass is 10.2. The van der Waals surface area contributed by atoms with Gasteiger partial charge in [0.1, 0.15) is 18.1 Å². The number of hydrogen-bond acceptors (Lipinski definition) is 3. The number of hydrogen-bond donors (Lipinski definition) is 1. The molecule has 2 aromatic rings. The highest BCUT2D eigenvalue weighted by Gasteiger charge is 2.17. The van der Waals surface area contributed by atoms with E-state index in [4.69, 9.17) is 21.1 Å². The molecule has 1 N–H and O–H groups in total. The predicted molar refractivity (Wildman–Crippen MR) is 100 cm³/mol. The van der Waals surface area contributed by atoms with Crippen LogP contribution in [-0.2, 0) is 11.2 Å². The molecule has 0 radical (unpaired) electrons. The van der Waals surface area contributed by atoms with Crippen molar-refractivity contribution in [3.63, 3.8) is 0 Å². The molecule has 0 unspecified atom stereocenters. The van der Waals surface area contributed by atoms with E-state index in [1.54, 1.807) is 24.3 Å². The monoisotopic (exact) mass is 361 g/mol. The summed E-state index contributed by atoms with van der Waals surface area (Å²) in [6.45, 7) is 4.86. The van der Waals surface area contributed by atoms with E-state index in [0.29, 0.717) is 30.3 Å². The minimum Gasteiger partial charge on any atom is -0.492 e. The van der Waals surface area contributed by atoms with Gasteiger partial charge in [-0.1, -0.05) is 37.6 Å². The second kappa shape index (κ2) is 9.94. The Labute approximate surface area is 154 Å². The predicted octanol–water partition coefficient (Wildman–Crippen LogP) is 4.26. The quantitative estimate of drug-likeness (QED) is 0.679. The van der Waals surface area contributed by atoms with Crippen LogP contribution in [0.15, 0.2) is 48.5 Å². The molecule has 134 valence electrons. The molecule has 0 aliphatic rings. The van der Waals surface area contributed by atoms with Crippen molar-refractivity contribution in [3.05, 3.63) is 59.1 Å². The number of halogens is 1. The zero-order chi connectivity index (χ0) is 18.1. The molecule has 2 aromatic carbocycles. The summed E-state index contributed by atoms with van der Waals surface area (Å²) < 4.78 is 11.3. The van der Waals surface area contributed by atoms with Crippen LogP contribution in [0.4, 0.5) is 0 Å². The molecule has 0 bridgehead atoms. The van der Waals surface area contributed by atoms with Gasteiger partial charge in [-0.15, -0.1) is 0 Å². The summed E-state index contributed by atoms with van der Waals surface area (Å²) in [6.07, 6.45) is 1.04. The lowest BCUT2D eigenvalue weighted by Crippen LogP contribution is -2.39. The first-order valence-electron chi connectivity index (χ1n) is 8.54. The third-order valence-corrected chi connectivity index (χ3v) is 4.01. The van der Waals surface area contributed by atoms with E-state index in [1.807, 2.05) is 31.2 Å². The maximum Gasteiger partial charge on any atom is 0.261 e. The van der Waals surface area contributed by atoms with Crippen molar-refractivity contribution < 1.29 is 14.3 Å². The zero-order valence-corrected chi connectivity index (χ0v) is 15.4. The summed E-state index contributed by atoms with van der Waals surface area (Å²) >= 11 is 5.85. The highest BCUT2D eigenvalue weighted by Crippen LogP contribution is 2.17. The Kier molecular flexibility index (Phi) is 7.61. The Morgan fingerprint density at radius 2 is 1.68 bits per heavy atom. The van der Waals surface area contributed by atoms with E-state index in [9.17, 15) is 4.79 Å². The van der Waals surface area contributed by atoms with Crippen molar-refractivity contribution in [2.75, 3.05) is 13.2 Å². The van der Waals surface area contributed by atoms with Crippen LogP contribution in [0.2, 0.25) is 5.02 Å². The van der Waals surface area contributed by atoms with Crippen LogP contribution in [0.5, 0.6) is 11.5 Å². The van der Waals surface area contributed by atoms with Gasteiger partial charge in [0.25, 0.3) is 5.91 Å². The molecule has 5 heteroatoms. The van der Waals surface area contributed by atoms with Crippen molar-refractivity contribution in [2.45, 2.75) is 32.8 Å². The Bertz CT molecular complexity index is 656. The van der Waals surface area contributed by atoms with Gasteiger partial charge in [0.05, 0.1) is 6.54 Å². The molecule has 25 heavy (non-hydrogen) atoms. The molecule has 2 rings (SSSR count). The lowest BCUT2D eigenvalue weighted by Gasteiger charge is -2.17. The normalized spacial score (nSPS) is 11.6. The first kappa shape index (κ1) is 19.1. The second-order valence-electron chi connectivity index (χ2n) is 5.61. The Hall–Kier alpha value is -2.20. The van der Waals surface area contributed by atoms with Crippen LogP contribution in [0.3, 0.4) is 0 Å². The number of ether oxygens (including phenoxy) is 2. The molecule has 0 saturated heterocycles. The molecule has 0 heterocycles. The summed E-state index contributed by atoms with van der Waals surface area (Å²) in [6, 6.07) is 14.9. The maximum atomic E-state index is 12.2. The molecular formula is C20H24ClNO3. The summed E-state index contributed by atoms with van der Waals surface area (Å²) in [4.78, 5) is 12.2. The first-order valence-corrected chi connectivity index (χ1v) is 8.91. The molecule has 1 amide bonds. The first-order chi connectivity index (χ1) is 12.1. The maximum absolute atomic E-state index is 12.2. The third-order valence-electron chi connectivity index (χ3n) is 3.76. The van der Waals surface area contributed by atoms with Crippen LogP contribution >= 0.6 is 11.6 Å². The van der Waals surface area contributed by atoms with E-state index in [2.05, 4.69) is 12.2 Å². The fraction of sp³-hybridized carbons (Fsp3) is 0.350. The van der Waals surface area contributed by atoms with Crippen LogP contribution in [0.25, 0.3) is 0 Å². The standard InChI is InChI=1S/C20H24ClNO3/c1-3-15-5-9-17(10-6-15)24-14-13-22-20(23)19(4-2)25-18-11-7-16(21)8-12-18/h5-12,19H,3-4,13-14H2,1-2H3,(H,22,23)/t19-/m0/s1. The van der Waals surface area contributed by atoms with Gasteiger partial charge < -0.3 is 14.8 Å². The third kappa shape index (κ3) is 6.31. The summed E-state index contributed by atoms with van der Waals surface area (Å²) in [5.41, 5.74) is 1.27. The number of benzene rings is 2. The van der Waals surface area contributed by atoms with Gasteiger partial charge in [0.2, 0.25) is 0 Å². The molecule has 0 aromatic heterocycles. The number of amides is 1. The SMILES string of the molecule is CCc1ccc(OCCNC(=O)[C@H](CC)Oc2ccc(Cl)cc2)cc1. The molecule has 4 nitrogen and oxygen atoms in total. The Morgan fingerprint density at radius 3 is 2.28 bits per heavy atom. The summed E-state index contributed by atoms with van der Waals surface area (Å²) in [5.74, 6) is 1.27. The zero-order valence-electron chi connectivity index (χ0n) is 14.6. The molecule has 0 spiro atoms. The topological polar surface area (TPSA) is 47.6 Å². The van der Waals surface area contributed by atoms with Crippen molar-refractivity contribution >= 4 is 17.5 Å². The lowest BCUT2D eigenvalue weighted by molar-refractivity contribution is -0.128. The Balaban J connectivity index is 1.74. The van der Waals surface area contributed by atoms with Crippen LogP contribution in [0, 0.1) is 0 Å². The number of aryl methyl sites for hydroxylation is 1. The van der Waals surface area contributed by atoms with E-state index < -0.39 is 6.10 Å². The van der Waals surface area contributed by atoms with E-state index in [-0.39, 0.29) is 5.91 Å². The van der Waals surface area contributed by atoms with Crippen LogP contribution in [-0.4, -0.2) is 25.2 Å². The second-order valence-corrected chi connectivity index (χ2v) is 6.04. The van der Waals surface area contributed by atoms with E-state index in [0.717, 1.165) is 12.2 Å². The molecular weight excluding hydrogens is 338 g/mol. The molecule has 0 aliphatic carbocycles.